The van der Waals surface area contributed by atoms with Gasteiger partial charge < -0.3 is 10.1 Å². The van der Waals surface area contributed by atoms with Gasteiger partial charge in [0.1, 0.15) is 0 Å². The second kappa shape index (κ2) is 6.26. The van der Waals surface area contributed by atoms with Crippen molar-refractivity contribution in [3.05, 3.63) is 35.4 Å². The maximum atomic E-state index is 12.5. The summed E-state index contributed by atoms with van der Waals surface area (Å²) in [4.78, 5) is 11.6. The van der Waals surface area contributed by atoms with Crippen LogP contribution in [-0.4, -0.2) is 18.6 Å². The molecule has 0 bridgehead atoms. The van der Waals surface area contributed by atoms with E-state index in [9.17, 15) is 18.0 Å². The number of carbonyl (C=O) groups excluding carboxylic acids is 1. The average molecular weight is 287 g/mol. The lowest BCUT2D eigenvalue weighted by Gasteiger charge is -2.11. The van der Waals surface area contributed by atoms with Gasteiger partial charge in [-0.15, -0.1) is 0 Å². The van der Waals surface area contributed by atoms with Crippen LogP contribution in [0.4, 0.5) is 13.2 Å². The average Bonchev–Trinajstić information content (AvgIpc) is 2.88. The first kappa shape index (κ1) is 14.8. The topological polar surface area (TPSA) is 38.3 Å². The molecule has 3 nitrogen and oxygen atoms in total. The summed E-state index contributed by atoms with van der Waals surface area (Å²) >= 11 is 0. The first-order valence-corrected chi connectivity index (χ1v) is 6.49. The Morgan fingerprint density at radius 3 is 2.85 bits per heavy atom. The minimum absolute atomic E-state index is 0.0588. The van der Waals surface area contributed by atoms with Crippen molar-refractivity contribution in [1.82, 2.24) is 5.32 Å². The fraction of sp³-hybridized carbons (Fsp3) is 0.500. The maximum absolute atomic E-state index is 12.5. The number of hydrogen-bond donors (Lipinski definition) is 1. The molecule has 0 aromatic heterocycles. The second-order valence-corrected chi connectivity index (χ2v) is 4.81. The summed E-state index contributed by atoms with van der Waals surface area (Å²) in [6, 6.07) is 4.95. The van der Waals surface area contributed by atoms with E-state index in [2.05, 4.69) is 5.32 Å². The van der Waals surface area contributed by atoms with E-state index >= 15 is 0 Å². The molecule has 1 saturated heterocycles. The van der Waals surface area contributed by atoms with E-state index in [1.807, 2.05) is 0 Å². The number of amides is 1. The van der Waals surface area contributed by atoms with Crippen LogP contribution in [0.2, 0.25) is 0 Å². The van der Waals surface area contributed by atoms with Gasteiger partial charge in [-0.25, -0.2) is 0 Å². The Kier molecular flexibility index (Phi) is 4.65. The summed E-state index contributed by atoms with van der Waals surface area (Å²) in [6.45, 7) is 0.765. The number of hydrogen-bond acceptors (Lipinski definition) is 2. The fourth-order valence-corrected chi connectivity index (χ4v) is 2.14. The van der Waals surface area contributed by atoms with Crippen molar-refractivity contribution in [3.63, 3.8) is 0 Å². The maximum Gasteiger partial charge on any atom is 0.416 e. The Morgan fingerprint density at radius 1 is 1.40 bits per heavy atom. The highest BCUT2D eigenvalue weighted by atomic mass is 19.4. The van der Waals surface area contributed by atoms with Crippen LogP contribution < -0.4 is 5.32 Å². The van der Waals surface area contributed by atoms with Gasteiger partial charge in [0.05, 0.1) is 18.1 Å². The van der Waals surface area contributed by atoms with Gasteiger partial charge in [-0.2, -0.15) is 13.2 Å². The predicted octanol–water partition coefficient (Wildman–Crippen LogP) is 2.89. The summed E-state index contributed by atoms with van der Waals surface area (Å²) in [5.74, 6) is -0.200. The predicted molar refractivity (Wildman–Crippen MR) is 66.9 cm³/mol. The van der Waals surface area contributed by atoms with Gasteiger partial charge in [-0.05, 0) is 30.5 Å². The molecule has 0 radical (unpaired) electrons. The van der Waals surface area contributed by atoms with Crippen molar-refractivity contribution in [2.45, 2.75) is 38.1 Å². The highest BCUT2D eigenvalue weighted by Crippen LogP contribution is 2.29. The zero-order valence-corrected chi connectivity index (χ0v) is 10.9. The molecule has 1 amide bonds. The SMILES string of the molecule is O=C(C[C@@H]1CCCO1)NCc1cccc(C(F)(F)F)c1. The van der Waals surface area contributed by atoms with Crippen molar-refractivity contribution in [1.29, 1.82) is 0 Å². The molecule has 1 aliphatic rings. The molecule has 1 fully saturated rings. The van der Waals surface area contributed by atoms with Gasteiger partial charge in [-0.3, -0.25) is 4.79 Å². The molecular formula is C14H16F3NO2. The molecule has 6 heteroatoms. The van der Waals surface area contributed by atoms with Crippen LogP contribution in [0.1, 0.15) is 30.4 Å². The van der Waals surface area contributed by atoms with Crippen molar-refractivity contribution in [2.75, 3.05) is 6.61 Å². The van der Waals surface area contributed by atoms with E-state index in [1.54, 1.807) is 6.07 Å². The molecule has 1 heterocycles. The molecule has 0 aliphatic carbocycles. The van der Waals surface area contributed by atoms with Crippen LogP contribution in [0.15, 0.2) is 24.3 Å². The summed E-state index contributed by atoms with van der Waals surface area (Å²) in [5.41, 5.74) is -0.274. The molecule has 0 saturated carbocycles. The lowest BCUT2D eigenvalue weighted by Crippen LogP contribution is -2.26. The van der Waals surface area contributed by atoms with Crippen LogP contribution in [0.25, 0.3) is 0 Å². The van der Waals surface area contributed by atoms with Crippen molar-refractivity contribution in [3.8, 4) is 0 Å². The monoisotopic (exact) mass is 287 g/mol. The van der Waals surface area contributed by atoms with Gasteiger partial charge >= 0.3 is 6.18 Å². The van der Waals surface area contributed by atoms with Crippen LogP contribution in [0.3, 0.4) is 0 Å². The molecule has 0 spiro atoms. The Morgan fingerprint density at radius 2 is 2.20 bits per heavy atom. The zero-order valence-electron chi connectivity index (χ0n) is 10.9. The third-order valence-electron chi connectivity index (χ3n) is 3.18. The summed E-state index contributed by atoms with van der Waals surface area (Å²) < 4.78 is 42.9. The lowest BCUT2D eigenvalue weighted by molar-refractivity contribution is -0.137. The summed E-state index contributed by atoms with van der Waals surface area (Å²) in [7, 11) is 0. The Balaban J connectivity index is 1.85. The van der Waals surface area contributed by atoms with Crippen LogP contribution in [0.5, 0.6) is 0 Å². The smallest absolute Gasteiger partial charge is 0.378 e. The van der Waals surface area contributed by atoms with E-state index in [-0.39, 0.29) is 25.0 Å². The number of halogens is 3. The number of benzene rings is 1. The number of alkyl halides is 3. The lowest BCUT2D eigenvalue weighted by atomic mass is 10.1. The molecular weight excluding hydrogens is 271 g/mol. The molecule has 2 rings (SSSR count). The Labute approximate surface area is 115 Å². The first-order chi connectivity index (χ1) is 9.45. The number of ether oxygens (including phenoxy) is 1. The first-order valence-electron chi connectivity index (χ1n) is 6.49. The molecule has 110 valence electrons. The minimum Gasteiger partial charge on any atom is -0.378 e. The molecule has 1 aromatic rings. The highest BCUT2D eigenvalue weighted by Gasteiger charge is 2.30. The van der Waals surface area contributed by atoms with E-state index < -0.39 is 11.7 Å². The molecule has 1 aromatic carbocycles. The van der Waals surface area contributed by atoms with Gasteiger partial charge in [0.25, 0.3) is 0 Å². The van der Waals surface area contributed by atoms with Crippen molar-refractivity contribution >= 4 is 5.91 Å². The van der Waals surface area contributed by atoms with Gasteiger partial charge in [-0.1, -0.05) is 12.1 Å². The molecule has 20 heavy (non-hydrogen) atoms. The van der Waals surface area contributed by atoms with Crippen LogP contribution >= 0.6 is 0 Å². The third kappa shape index (κ3) is 4.23. The highest BCUT2D eigenvalue weighted by molar-refractivity contribution is 5.76. The van der Waals surface area contributed by atoms with Gasteiger partial charge in [0, 0.05) is 13.2 Å². The van der Waals surface area contributed by atoms with E-state index in [1.165, 1.54) is 6.07 Å². The molecule has 1 aliphatic heterocycles. The van der Waals surface area contributed by atoms with Crippen molar-refractivity contribution in [2.24, 2.45) is 0 Å². The van der Waals surface area contributed by atoms with Gasteiger partial charge in [0.2, 0.25) is 5.91 Å². The number of rotatable bonds is 4. The number of nitrogens with one attached hydrogen (secondary N) is 1. The normalized spacial score (nSPS) is 19.1. The van der Waals surface area contributed by atoms with E-state index in [0.717, 1.165) is 25.0 Å². The van der Waals surface area contributed by atoms with Crippen LogP contribution in [0, 0.1) is 0 Å². The number of carbonyl (C=O) groups is 1. The summed E-state index contributed by atoms with van der Waals surface area (Å²) in [6.07, 6.45) is -2.35. The second-order valence-electron chi connectivity index (χ2n) is 4.81. The standard InChI is InChI=1S/C14H16F3NO2/c15-14(16,17)11-4-1-3-10(7-11)9-18-13(19)8-12-5-2-6-20-12/h1,3-4,7,12H,2,5-6,8-9H2,(H,18,19)/t12-/m0/s1. The largest absolute Gasteiger partial charge is 0.416 e. The molecule has 1 N–H and O–H groups in total. The Bertz CT molecular complexity index is 468. The van der Waals surface area contributed by atoms with Gasteiger partial charge in [0.15, 0.2) is 0 Å². The zero-order chi connectivity index (χ0) is 14.6. The van der Waals surface area contributed by atoms with E-state index in [0.29, 0.717) is 12.2 Å². The Hall–Kier alpha value is -1.56. The molecule has 1 atom stereocenters. The van der Waals surface area contributed by atoms with Crippen LogP contribution in [-0.2, 0) is 22.3 Å². The third-order valence-corrected chi connectivity index (χ3v) is 3.18. The minimum atomic E-state index is -4.36. The summed E-state index contributed by atoms with van der Waals surface area (Å²) in [5, 5.41) is 2.62. The van der Waals surface area contributed by atoms with E-state index in [4.69, 9.17) is 4.74 Å². The molecule has 0 unspecified atom stereocenters. The fourth-order valence-electron chi connectivity index (χ4n) is 2.14. The van der Waals surface area contributed by atoms with Crippen molar-refractivity contribution < 1.29 is 22.7 Å². The quantitative estimate of drug-likeness (QED) is 0.924.